The zero-order valence-electron chi connectivity index (χ0n) is 14.3. The molecule has 0 saturated carbocycles. The van der Waals surface area contributed by atoms with Gasteiger partial charge in [0.05, 0.1) is 0 Å². The molecule has 0 radical (unpaired) electrons. The van der Waals surface area contributed by atoms with Crippen molar-refractivity contribution in [1.29, 1.82) is 0 Å². The smallest absolute Gasteiger partial charge is 0.225 e. The molecule has 2 aliphatic heterocycles. The second-order valence-corrected chi connectivity index (χ2v) is 6.78. The highest BCUT2D eigenvalue weighted by atomic mass is 19.1. The second-order valence-electron chi connectivity index (χ2n) is 6.78. The maximum absolute atomic E-state index is 13.5. The minimum Gasteiger partial charge on any atom is -0.489 e. The van der Waals surface area contributed by atoms with Gasteiger partial charge in [0.15, 0.2) is 11.6 Å². The molecule has 1 amide bonds. The number of piperidine rings is 2. The lowest BCUT2D eigenvalue weighted by atomic mass is 9.94. The maximum atomic E-state index is 13.5. The Morgan fingerprint density at radius 1 is 1.08 bits per heavy atom. The van der Waals surface area contributed by atoms with Crippen molar-refractivity contribution in [3.8, 4) is 5.75 Å². The minimum atomic E-state index is -0.316. The lowest BCUT2D eigenvalue weighted by Crippen LogP contribution is -2.45. The third-order valence-corrected chi connectivity index (χ3v) is 5.11. The van der Waals surface area contributed by atoms with E-state index in [1.807, 2.05) is 0 Å². The van der Waals surface area contributed by atoms with Crippen LogP contribution >= 0.6 is 0 Å². The standard InChI is InChI=1S/C19H27FN2O2/c20-17-6-2-3-7-18(17)24-15-14-21-12-8-16(9-13-21)19(23)22-10-4-1-5-11-22/h2-3,6-7,16H,1,4-5,8-15H2. The minimum absolute atomic E-state index is 0.187. The predicted octanol–water partition coefficient (Wildman–Crippen LogP) is 2.93. The summed E-state index contributed by atoms with van der Waals surface area (Å²) in [7, 11) is 0. The van der Waals surface area contributed by atoms with Crippen LogP contribution < -0.4 is 4.74 Å². The fraction of sp³-hybridized carbons (Fsp3) is 0.632. The van der Waals surface area contributed by atoms with E-state index in [9.17, 15) is 9.18 Å². The largest absolute Gasteiger partial charge is 0.489 e. The summed E-state index contributed by atoms with van der Waals surface area (Å²) < 4.78 is 19.0. The average molecular weight is 334 g/mol. The molecule has 0 aromatic heterocycles. The SMILES string of the molecule is O=C(C1CCN(CCOc2ccccc2F)CC1)N1CCCCC1. The van der Waals surface area contributed by atoms with E-state index >= 15 is 0 Å². The molecule has 2 saturated heterocycles. The summed E-state index contributed by atoms with van der Waals surface area (Å²) in [5.41, 5.74) is 0. The Morgan fingerprint density at radius 2 is 1.79 bits per heavy atom. The van der Waals surface area contributed by atoms with Gasteiger partial charge in [-0.1, -0.05) is 12.1 Å². The number of benzene rings is 1. The van der Waals surface area contributed by atoms with Crippen LogP contribution in [-0.4, -0.2) is 55.0 Å². The molecule has 2 heterocycles. The number of carbonyl (C=O) groups is 1. The van der Waals surface area contributed by atoms with Crippen molar-refractivity contribution in [2.45, 2.75) is 32.1 Å². The van der Waals surface area contributed by atoms with Crippen LogP contribution in [0.5, 0.6) is 5.75 Å². The first-order chi connectivity index (χ1) is 11.7. The van der Waals surface area contributed by atoms with Crippen LogP contribution in [0.2, 0.25) is 0 Å². The van der Waals surface area contributed by atoms with E-state index in [0.29, 0.717) is 18.3 Å². The quantitative estimate of drug-likeness (QED) is 0.830. The molecule has 0 spiro atoms. The number of carbonyl (C=O) groups excluding carboxylic acids is 1. The number of para-hydroxylation sites is 1. The Labute approximate surface area is 143 Å². The van der Waals surface area contributed by atoms with Gasteiger partial charge in [0.2, 0.25) is 5.91 Å². The van der Waals surface area contributed by atoms with Crippen LogP contribution in [0.15, 0.2) is 24.3 Å². The highest BCUT2D eigenvalue weighted by molar-refractivity contribution is 5.79. The zero-order chi connectivity index (χ0) is 16.8. The highest BCUT2D eigenvalue weighted by Crippen LogP contribution is 2.22. The molecule has 5 heteroatoms. The van der Waals surface area contributed by atoms with Crippen LogP contribution in [0.25, 0.3) is 0 Å². The number of amides is 1. The molecule has 2 aliphatic rings. The molecule has 0 unspecified atom stereocenters. The van der Waals surface area contributed by atoms with Crippen LogP contribution in [0.1, 0.15) is 32.1 Å². The summed E-state index contributed by atoms with van der Waals surface area (Å²) in [5.74, 6) is 0.541. The van der Waals surface area contributed by atoms with Crippen molar-refractivity contribution < 1.29 is 13.9 Å². The van der Waals surface area contributed by atoms with Crippen molar-refractivity contribution >= 4 is 5.91 Å². The number of likely N-dealkylation sites (tertiary alicyclic amines) is 2. The molecule has 2 fully saturated rings. The summed E-state index contributed by atoms with van der Waals surface area (Å²) >= 11 is 0. The number of rotatable bonds is 5. The first-order valence-electron chi connectivity index (χ1n) is 9.12. The molecule has 1 aromatic carbocycles. The van der Waals surface area contributed by atoms with Gasteiger partial charge in [0, 0.05) is 25.6 Å². The molecule has 24 heavy (non-hydrogen) atoms. The predicted molar refractivity (Wildman–Crippen MR) is 91.5 cm³/mol. The normalized spacial score (nSPS) is 20.1. The molecular formula is C19H27FN2O2. The monoisotopic (exact) mass is 334 g/mol. The average Bonchev–Trinajstić information content (AvgIpc) is 2.64. The Kier molecular flexibility index (Phi) is 6.07. The first-order valence-corrected chi connectivity index (χ1v) is 9.12. The van der Waals surface area contributed by atoms with Crippen LogP contribution in [0, 0.1) is 11.7 Å². The number of nitrogens with zero attached hydrogens (tertiary/aromatic N) is 2. The molecule has 4 nitrogen and oxygen atoms in total. The number of ether oxygens (including phenoxy) is 1. The van der Waals surface area contributed by atoms with Crippen molar-refractivity contribution in [3.05, 3.63) is 30.1 Å². The molecular weight excluding hydrogens is 307 g/mol. The van der Waals surface area contributed by atoms with Gasteiger partial charge in [-0.15, -0.1) is 0 Å². The molecule has 0 atom stereocenters. The number of halogens is 1. The van der Waals surface area contributed by atoms with E-state index in [0.717, 1.165) is 58.4 Å². The van der Waals surface area contributed by atoms with E-state index in [1.54, 1.807) is 18.2 Å². The van der Waals surface area contributed by atoms with Crippen molar-refractivity contribution in [1.82, 2.24) is 9.80 Å². The third-order valence-electron chi connectivity index (χ3n) is 5.11. The van der Waals surface area contributed by atoms with E-state index < -0.39 is 0 Å². The van der Waals surface area contributed by atoms with Crippen LogP contribution in [0.3, 0.4) is 0 Å². The summed E-state index contributed by atoms with van der Waals surface area (Å²) in [6.45, 7) is 4.98. The second kappa shape index (κ2) is 8.47. The van der Waals surface area contributed by atoms with Crippen LogP contribution in [-0.2, 0) is 4.79 Å². The summed E-state index contributed by atoms with van der Waals surface area (Å²) in [5, 5.41) is 0. The van der Waals surface area contributed by atoms with E-state index in [4.69, 9.17) is 4.74 Å². The zero-order valence-corrected chi connectivity index (χ0v) is 14.3. The molecule has 3 rings (SSSR count). The van der Waals surface area contributed by atoms with Crippen molar-refractivity contribution in [2.24, 2.45) is 5.92 Å². The first kappa shape index (κ1) is 17.2. The summed E-state index contributed by atoms with van der Waals surface area (Å²) in [4.78, 5) is 16.9. The summed E-state index contributed by atoms with van der Waals surface area (Å²) in [6.07, 6.45) is 5.41. The Bertz CT molecular complexity index is 538. The highest BCUT2D eigenvalue weighted by Gasteiger charge is 2.29. The molecule has 1 aromatic rings. The molecule has 0 N–H and O–H groups in total. The lowest BCUT2D eigenvalue weighted by molar-refractivity contribution is -0.138. The fourth-order valence-electron chi connectivity index (χ4n) is 3.62. The van der Waals surface area contributed by atoms with Crippen molar-refractivity contribution in [2.75, 3.05) is 39.3 Å². The van der Waals surface area contributed by atoms with Gasteiger partial charge in [0.1, 0.15) is 6.61 Å². The van der Waals surface area contributed by atoms with Gasteiger partial charge in [-0.2, -0.15) is 0 Å². The fourth-order valence-corrected chi connectivity index (χ4v) is 3.62. The Balaban J connectivity index is 1.37. The lowest BCUT2D eigenvalue weighted by Gasteiger charge is -2.35. The Morgan fingerprint density at radius 3 is 2.50 bits per heavy atom. The van der Waals surface area contributed by atoms with Crippen molar-refractivity contribution in [3.63, 3.8) is 0 Å². The molecule has 0 aliphatic carbocycles. The summed E-state index contributed by atoms with van der Waals surface area (Å²) in [6, 6.07) is 6.49. The van der Waals surface area contributed by atoms with E-state index in [1.165, 1.54) is 12.5 Å². The number of hydrogen-bond acceptors (Lipinski definition) is 3. The van der Waals surface area contributed by atoms with E-state index in [2.05, 4.69) is 9.80 Å². The number of hydrogen-bond donors (Lipinski definition) is 0. The Hall–Kier alpha value is -1.62. The molecule has 0 bridgehead atoms. The third kappa shape index (κ3) is 4.47. The van der Waals surface area contributed by atoms with Gasteiger partial charge in [-0.05, 0) is 57.3 Å². The maximum Gasteiger partial charge on any atom is 0.225 e. The van der Waals surface area contributed by atoms with Gasteiger partial charge < -0.3 is 9.64 Å². The van der Waals surface area contributed by atoms with Crippen LogP contribution in [0.4, 0.5) is 4.39 Å². The van der Waals surface area contributed by atoms with Gasteiger partial charge >= 0.3 is 0 Å². The molecule has 132 valence electrons. The van der Waals surface area contributed by atoms with E-state index in [-0.39, 0.29) is 11.7 Å². The van der Waals surface area contributed by atoms with Gasteiger partial charge in [-0.25, -0.2) is 4.39 Å². The van der Waals surface area contributed by atoms with Gasteiger partial charge in [0.25, 0.3) is 0 Å². The van der Waals surface area contributed by atoms with Gasteiger partial charge in [-0.3, -0.25) is 9.69 Å². The topological polar surface area (TPSA) is 32.8 Å².